The molecule has 0 spiro atoms. The van der Waals surface area contributed by atoms with Gasteiger partial charge in [-0.25, -0.2) is 9.78 Å². The second kappa shape index (κ2) is 5.48. The Labute approximate surface area is 118 Å². The topological polar surface area (TPSA) is 77.9 Å². The number of nitrogens with zero attached hydrogens (tertiary/aromatic N) is 1. The number of hydrogen-bond donors (Lipinski definition) is 1. The number of carboxylic acid groups (broad SMARTS) is 1. The predicted octanol–water partition coefficient (Wildman–Crippen LogP) is 2.29. The van der Waals surface area contributed by atoms with E-state index in [4.69, 9.17) is 19.3 Å². The number of benzene rings is 1. The van der Waals surface area contributed by atoms with E-state index in [1.54, 1.807) is 5.38 Å². The van der Waals surface area contributed by atoms with E-state index < -0.39 is 5.97 Å². The zero-order valence-electron chi connectivity index (χ0n) is 10.4. The zero-order chi connectivity index (χ0) is 13.9. The van der Waals surface area contributed by atoms with Crippen LogP contribution in [0.2, 0.25) is 0 Å². The number of rotatable bonds is 5. The summed E-state index contributed by atoms with van der Waals surface area (Å²) in [7, 11) is 0. The molecule has 20 heavy (non-hydrogen) atoms. The molecule has 0 radical (unpaired) electrons. The fourth-order valence-corrected chi connectivity index (χ4v) is 2.41. The Morgan fingerprint density at radius 2 is 2.20 bits per heavy atom. The van der Waals surface area contributed by atoms with Crippen LogP contribution in [0.25, 0.3) is 0 Å². The molecule has 0 bridgehead atoms. The maximum absolute atomic E-state index is 10.7. The molecule has 1 aromatic heterocycles. The average Bonchev–Trinajstić information content (AvgIpc) is 3.06. The SMILES string of the molecule is O=C(O)c1nc(COCc2ccc3c(c2)OCO3)cs1. The fraction of sp³-hybridized carbons (Fsp3) is 0.231. The van der Waals surface area contributed by atoms with Gasteiger partial charge in [0, 0.05) is 5.38 Å². The molecule has 7 heteroatoms. The lowest BCUT2D eigenvalue weighted by atomic mass is 10.2. The van der Waals surface area contributed by atoms with Gasteiger partial charge in [-0.15, -0.1) is 11.3 Å². The van der Waals surface area contributed by atoms with Crippen LogP contribution in [0.3, 0.4) is 0 Å². The van der Waals surface area contributed by atoms with E-state index in [1.165, 1.54) is 0 Å². The summed E-state index contributed by atoms with van der Waals surface area (Å²) in [5.74, 6) is 0.435. The summed E-state index contributed by atoms with van der Waals surface area (Å²) in [4.78, 5) is 14.6. The third-order valence-corrected chi connectivity index (χ3v) is 3.57. The maximum Gasteiger partial charge on any atom is 0.365 e. The van der Waals surface area contributed by atoms with Crippen molar-refractivity contribution in [2.45, 2.75) is 13.2 Å². The van der Waals surface area contributed by atoms with E-state index in [0.29, 0.717) is 18.1 Å². The number of thiazole rings is 1. The van der Waals surface area contributed by atoms with Gasteiger partial charge < -0.3 is 19.3 Å². The number of fused-ring (bicyclic) bond motifs is 1. The molecule has 2 heterocycles. The van der Waals surface area contributed by atoms with Crippen molar-refractivity contribution in [3.05, 3.63) is 39.8 Å². The molecule has 0 aliphatic carbocycles. The van der Waals surface area contributed by atoms with Gasteiger partial charge in [0.2, 0.25) is 11.8 Å². The van der Waals surface area contributed by atoms with E-state index in [1.807, 2.05) is 18.2 Å². The summed E-state index contributed by atoms with van der Waals surface area (Å²) >= 11 is 1.09. The number of hydrogen-bond acceptors (Lipinski definition) is 6. The van der Waals surface area contributed by atoms with Gasteiger partial charge in [-0.05, 0) is 17.7 Å². The fourth-order valence-electron chi connectivity index (χ4n) is 1.78. The minimum absolute atomic E-state index is 0.0756. The van der Waals surface area contributed by atoms with Crippen LogP contribution in [0.4, 0.5) is 0 Å². The Balaban J connectivity index is 1.55. The van der Waals surface area contributed by atoms with Gasteiger partial charge in [0.15, 0.2) is 11.5 Å². The largest absolute Gasteiger partial charge is 0.476 e. The molecule has 1 N–H and O–H groups in total. The number of aromatic nitrogens is 1. The van der Waals surface area contributed by atoms with Crippen LogP contribution >= 0.6 is 11.3 Å². The molecule has 6 nitrogen and oxygen atoms in total. The number of carbonyl (C=O) groups is 1. The lowest BCUT2D eigenvalue weighted by Crippen LogP contribution is -1.98. The van der Waals surface area contributed by atoms with Crippen LogP contribution in [0.1, 0.15) is 21.1 Å². The molecular formula is C13H11NO5S. The van der Waals surface area contributed by atoms with Crippen molar-refractivity contribution < 1.29 is 24.1 Å². The molecule has 2 aromatic rings. The van der Waals surface area contributed by atoms with Crippen LogP contribution in [0.5, 0.6) is 11.5 Å². The smallest absolute Gasteiger partial charge is 0.365 e. The molecule has 0 atom stereocenters. The van der Waals surface area contributed by atoms with E-state index in [2.05, 4.69) is 4.98 Å². The summed E-state index contributed by atoms with van der Waals surface area (Å²) in [5.41, 5.74) is 1.58. The van der Waals surface area contributed by atoms with Gasteiger partial charge in [-0.1, -0.05) is 6.07 Å². The number of ether oxygens (including phenoxy) is 3. The van der Waals surface area contributed by atoms with Crippen LogP contribution in [0.15, 0.2) is 23.6 Å². The quantitative estimate of drug-likeness (QED) is 0.911. The standard InChI is InChI=1S/C13H11NO5S/c15-13(16)12-14-9(6-20-12)5-17-4-8-1-2-10-11(3-8)19-7-18-10/h1-3,6H,4-5,7H2,(H,15,16). The van der Waals surface area contributed by atoms with Crippen molar-refractivity contribution in [3.63, 3.8) is 0 Å². The third kappa shape index (κ3) is 2.73. The molecule has 1 aliphatic heterocycles. The monoisotopic (exact) mass is 293 g/mol. The summed E-state index contributed by atoms with van der Waals surface area (Å²) < 4.78 is 16.0. The Morgan fingerprint density at radius 1 is 1.35 bits per heavy atom. The van der Waals surface area contributed by atoms with Gasteiger partial charge in [-0.2, -0.15) is 0 Å². The van der Waals surface area contributed by atoms with Gasteiger partial charge in [0.1, 0.15) is 0 Å². The van der Waals surface area contributed by atoms with Crippen molar-refractivity contribution in [1.29, 1.82) is 0 Å². The summed E-state index contributed by atoms with van der Waals surface area (Å²) in [6, 6.07) is 5.61. The average molecular weight is 293 g/mol. The predicted molar refractivity (Wildman–Crippen MR) is 70.1 cm³/mol. The molecule has 0 fully saturated rings. The molecule has 0 unspecified atom stereocenters. The molecule has 104 valence electrons. The van der Waals surface area contributed by atoms with Crippen LogP contribution in [0, 0.1) is 0 Å². The Hall–Kier alpha value is -2.12. The summed E-state index contributed by atoms with van der Waals surface area (Å²) in [6.45, 7) is 0.922. The van der Waals surface area contributed by atoms with Gasteiger partial charge >= 0.3 is 5.97 Å². The van der Waals surface area contributed by atoms with Crippen molar-refractivity contribution in [1.82, 2.24) is 4.98 Å². The highest BCUT2D eigenvalue weighted by molar-refractivity contribution is 7.11. The molecule has 1 aliphatic rings. The van der Waals surface area contributed by atoms with Crippen LogP contribution < -0.4 is 9.47 Å². The molecule has 0 saturated heterocycles. The van der Waals surface area contributed by atoms with E-state index in [0.717, 1.165) is 22.6 Å². The maximum atomic E-state index is 10.7. The summed E-state index contributed by atoms with van der Waals surface area (Å²) in [6.07, 6.45) is 0. The van der Waals surface area contributed by atoms with E-state index >= 15 is 0 Å². The third-order valence-electron chi connectivity index (χ3n) is 2.69. The molecule has 0 amide bonds. The number of aromatic carboxylic acids is 1. The minimum atomic E-state index is -1.02. The lowest BCUT2D eigenvalue weighted by Gasteiger charge is -2.03. The van der Waals surface area contributed by atoms with Crippen molar-refractivity contribution in [2.24, 2.45) is 0 Å². The van der Waals surface area contributed by atoms with Crippen molar-refractivity contribution in [3.8, 4) is 11.5 Å². The van der Waals surface area contributed by atoms with Gasteiger partial charge in [0.05, 0.1) is 18.9 Å². The first-order valence-corrected chi connectivity index (χ1v) is 6.74. The first-order valence-electron chi connectivity index (χ1n) is 5.86. The highest BCUT2D eigenvalue weighted by atomic mass is 32.1. The highest BCUT2D eigenvalue weighted by Crippen LogP contribution is 2.32. The molecule has 0 saturated carbocycles. The minimum Gasteiger partial charge on any atom is -0.476 e. The molecule has 1 aromatic carbocycles. The Kier molecular flexibility index (Phi) is 3.53. The first-order chi connectivity index (χ1) is 9.72. The van der Waals surface area contributed by atoms with Gasteiger partial charge in [0.25, 0.3) is 0 Å². The first kappa shape index (κ1) is 12.9. The zero-order valence-corrected chi connectivity index (χ0v) is 11.2. The van der Waals surface area contributed by atoms with Crippen LogP contribution in [-0.4, -0.2) is 22.9 Å². The normalized spacial score (nSPS) is 12.6. The molecular weight excluding hydrogens is 282 g/mol. The molecule has 3 rings (SSSR count). The van der Waals surface area contributed by atoms with Crippen LogP contribution in [-0.2, 0) is 18.0 Å². The Bertz CT molecular complexity index is 639. The summed E-state index contributed by atoms with van der Waals surface area (Å²) in [5, 5.41) is 10.5. The van der Waals surface area contributed by atoms with E-state index in [9.17, 15) is 4.79 Å². The van der Waals surface area contributed by atoms with Crippen molar-refractivity contribution >= 4 is 17.3 Å². The van der Waals surface area contributed by atoms with Gasteiger partial charge in [-0.3, -0.25) is 0 Å². The second-order valence-electron chi connectivity index (χ2n) is 4.13. The second-order valence-corrected chi connectivity index (χ2v) is 4.99. The van der Waals surface area contributed by atoms with E-state index in [-0.39, 0.29) is 18.4 Å². The number of carboxylic acids is 1. The lowest BCUT2D eigenvalue weighted by molar-refractivity contribution is 0.0694. The Morgan fingerprint density at radius 3 is 3.00 bits per heavy atom. The highest BCUT2D eigenvalue weighted by Gasteiger charge is 2.13. The van der Waals surface area contributed by atoms with Crippen molar-refractivity contribution in [2.75, 3.05) is 6.79 Å².